The minimum absolute atomic E-state index is 0.678. The fourth-order valence-electron chi connectivity index (χ4n) is 4.95. The van der Waals surface area contributed by atoms with Gasteiger partial charge >= 0.3 is 0 Å². The predicted molar refractivity (Wildman–Crippen MR) is 180 cm³/mol. The van der Waals surface area contributed by atoms with Gasteiger partial charge in [-0.3, -0.25) is 9.56 Å². The molecule has 204 valence electrons. The summed E-state index contributed by atoms with van der Waals surface area (Å²) in [5, 5.41) is 1.99. The number of para-hydroxylation sites is 1. The second kappa shape index (κ2) is 13.2. The van der Waals surface area contributed by atoms with Gasteiger partial charge in [-0.1, -0.05) is 110 Å². The zero-order chi connectivity index (χ0) is 28.6. The Hall–Kier alpha value is -4.48. The van der Waals surface area contributed by atoms with Crippen LogP contribution < -0.4 is 0 Å². The summed E-state index contributed by atoms with van der Waals surface area (Å²) in [6, 6.07) is 27.0. The molecule has 1 aliphatic heterocycles. The van der Waals surface area contributed by atoms with Crippen LogP contribution >= 0.6 is 11.8 Å². The quantitative estimate of drug-likeness (QED) is 0.142. The Bertz CT molecular complexity index is 1700. The maximum absolute atomic E-state index is 5.19. The Balaban J connectivity index is 1.68. The highest BCUT2D eigenvalue weighted by Gasteiger charge is 2.22. The van der Waals surface area contributed by atoms with E-state index in [1.54, 1.807) is 11.8 Å². The van der Waals surface area contributed by atoms with Crippen molar-refractivity contribution < 1.29 is 0 Å². The van der Waals surface area contributed by atoms with E-state index in [9.17, 15) is 0 Å². The highest BCUT2D eigenvalue weighted by atomic mass is 32.2. The molecule has 4 aromatic rings. The first-order valence-electron chi connectivity index (χ1n) is 13.9. The molecule has 1 aromatic heterocycles. The molecule has 0 bridgehead atoms. The number of benzene rings is 3. The summed E-state index contributed by atoms with van der Waals surface area (Å²) in [4.78, 5) is 15.5. The number of thioether (sulfide) groups is 1. The van der Waals surface area contributed by atoms with Crippen LogP contribution in [0, 0.1) is 0 Å². The molecule has 0 N–H and O–H groups in total. The first-order chi connectivity index (χ1) is 20.2. The number of fused-ring (bicyclic) bond motifs is 2. The van der Waals surface area contributed by atoms with Crippen molar-refractivity contribution in [3.05, 3.63) is 126 Å². The molecule has 3 aromatic carbocycles. The number of aliphatic imine (C=N–C) groups is 3. The minimum Gasteiger partial charge on any atom is -0.276 e. The molecule has 41 heavy (non-hydrogen) atoms. The largest absolute Gasteiger partial charge is 0.276 e. The lowest BCUT2D eigenvalue weighted by molar-refractivity contribution is 1.11. The van der Waals surface area contributed by atoms with Gasteiger partial charge in [0.05, 0.1) is 10.6 Å². The van der Waals surface area contributed by atoms with Crippen molar-refractivity contribution in [3.63, 3.8) is 0 Å². The van der Waals surface area contributed by atoms with E-state index in [0.29, 0.717) is 11.6 Å². The molecule has 0 spiro atoms. The van der Waals surface area contributed by atoms with Gasteiger partial charge in [-0.2, -0.15) is 0 Å². The summed E-state index contributed by atoms with van der Waals surface area (Å²) in [7, 11) is 0. The van der Waals surface area contributed by atoms with Crippen LogP contribution in [0.2, 0.25) is 0 Å². The average molecular weight is 555 g/mol. The topological polar surface area (TPSA) is 42.0 Å². The Kier molecular flexibility index (Phi) is 9.07. The van der Waals surface area contributed by atoms with Crippen molar-refractivity contribution in [2.75, 3.05) is 0 Å². The van der Waals surface area contributed by atoms with Gasteiger partial charge in [0.15, 0.2) is 5.82 Å². The summed E-state index contributed by atoms with van der Waals surface area (Å²) in [6.45, 7) is 12.1. The molecule has 4 nitrogen and oxygen atoms in total. The zero-order valence-corrected chi connectivity index (χ0v) is 24.4. The van der Waals surface area contributed by atoms with E-state index in [4.69, 9.17) is 4.99 Å². The van der Waals surface area contributed by atoms with E-state index >= 15 is 0 Å². The summed E-state index contributed by atoms with van der Waals surface area (Å²) < 4.78 is 2.06. The van der Waals surface area contributed by atoms with Crippen LogP contribution in [-0.2, 0) is 6.42 Å². The smallest absolute Gasteiger partial charge is 0.166 e. The van der Waals surface area contributed by atoms with Crippen molar-refractivity contribution in [2.24, 2.45) is 15.0 Å². The number of hydrogen-bond donors (Lipinski definition) is 0. The summed E-state index contributed by atoms with van der Waals surface area (Å²) in [5.74, 6) is 1.39. The number of aromatic nitrogens is 1. The Morgan fingerprint density at radius 3 is 2.46 bits per heavy atom. The minimum atomic E-state index is 0.678. The Morgan fingerprint density at radius 1 is 0.976 bits per heavy atom. The van der Waals surface area contributed by atoms with Crippen molar-refractivity contribution in [1.82, 2.24) is 4.57 Å². The SMILES string of the molecule is C=N/C(=C\C(=C/CC(/C=C\CC)=C/C)c1ccccc1)n1c(/N=C2\Cc3ccccc3S2)c(N=C)c2ccccc21. The maximum Gasteiger partial charge on any atom is 0.166 e. The maximum atomic E-state index is 5.19. The molecule has 0 radical (unpaired) electrons. The van der Waals surface area contributed by atoms with E-state index in [0.717, 1.165) is 52.0 Å². The van der Waals surface area contributed by atoms with Crippen LogP contribution in [0.15, 0.2) is 135 Å². The Labute approximate surface area is 247 Å². The predicted octanol–water partition coefficient (Wildman–Crippen LogP) is 10.2. The van der Waals surface area contributed by atoms with E-state index in [-0.39, 0.29) is 0 Å². The Morgan fingerprint density at radius 2 is 1.73 bits per heavy atom. The van der Waals surface area contributed by atoms with Crippen molar-refractivity contribution in [3.8, 4) is 0 Å². The highest BCUT2D eigenvalue weighted by molar-refractivity contribution is 8.14. The van der Waals surface area contributed by atoms with Gasteiger partial charge in [-0.25, -0.2) is 9.98 Å². The molecule has 0 saturated heterocycles. The fraction of sp³-hybridized carbons (Fsp3) is 0.139. The standard InChI is InChI=1S/C36H34N4S/c1-5-7-15-26(6-2)22-23-28(27-16-9-8-10-17-27)24-33(37-3)40-31-20-13-12-19-30(31)35(38-4)36(40)39-34-25-29-18-11-14-21-32(29)41-34/h6-21,23-24H,3-5,22,25H2,1-2H3/b15-7-,26-6+,28-23+,33-24+,39-34+. The molecule has 2 heterocycles. The molecule has 0 atom stereocenters. The molecule has 0 unspecified atom stereocenters. The van der Waals surface area contributed by atoms with Gasteiger partial charge in [0.2, 0.25) is 0 Å². The van der Waals surface area contributed by atoms with Crippen LogP contribution in [0.5, 0.6) is 0 Å². The molecule has 0 amide bonds. The van der Waals surface area contributed by atoms with Crippen LogP contribution in [0.1, 0.15) is 37.8 Å². The van der Waals surface area contributed by atoms with Gasteiger partial charge in [-0.05, 0) is 73.7 Å². The summed E-state index contributed by atoms with van der Waals surface area (Å²) in [5.41, 5.74) is 6.42. The second-order valence-electron chi connectivity index (χ2n) is 9.64. The third kappa shape index (κ3) is 6.16. The monoisotopic (exact) mass is 554 g/mol. The summed E-state index contributed by atoms with van der Waals surface area (Å²) in [6.07, 6.45) is 13.5. The van der Waals surface area contributed by atoms with Crippen LogP contribution in [0.25, 0.3) is 22.3 Å². The molecule has 0 fully saturated rings. The first kappa shape index (κ1) is 28.1. The molecule has 5 rings (SSSR count). The lowest BCUT2D eigenvalue weighted by Gasteiger charge is -2.12. The lowest BCUT2D eigenvalue weighted by atomic mass is 10.0. The number of rotatable bonds is 10. The molecule has 0 aliphatic carbocycles. The van der Waals surface area contributed by atoms with E-state index in [1.807, 2.05) is 18.2 Å². The third-order valence-electron chi connectivity index (χ3n) is 7.03. The number of hydrogen-bond acceptors (Lipinski definition) is 4. The van der Waals surface area contributed by atoms with Crippen LogP contribution in [-0.4, -0.2) is 23.0 Å². The molecular weight excluding hydrogens is 520 g/mol. The van der Waals surface area contributed by atoms with Crippen LogP contribution in [0.4, 0.5) is 11.5 Å². The van der Waals surface area contributed by atoms with Crippen molar-refractivity contribution >= 4 is 64.0 Å². The average Bonchev–Trinajstić information content (AvgIpc) is 3.57. The molecular formula is C36H34N4S. The van der Waals surface area contributed by atoms with E-state index < -0.39 is 0 Å². The highest BCUT2D eigenvalue weighted by Crippen LogP contribution is 2.44. The summed E-state index contributed by atoms with van der Waals surface area (Å²) >= 11 is 1.70. The normalized spacial score (nSPS) is 15.2. The van der Waals surface area contributed by atoms with Gasteiger partial charge in [0, 0.05) is 16.7 Å². The van der Waals surface area contributed by atoms with Gasteiger partial charge in [-0.15, -0.1) is 0 Å². The number of nitrogens with zero attached hydrogens (tertiary/aromatic N) is 4. The molecule has 5 heteroatoms. The van der Waals surface area contributed by atoms with Crippen molar-refractivity contribution in [1.29, 1.82) is 0 Å². The third-order valence-corrected chi connectivity index (χ3v) is 8.12. The van der Waals surface area contributed by atoms with Gasteiger partial charge in [0.1, 0.15) is 11.5 Å². The van der Waals surface area contributed by atoms with E-state index in [2.05, 4.69) is 133 Å². The van der Waals surface area contributed by atoms with Crippen molar-refractivity contribution in [2.45, 2.75) is 38.0 Å². The zero-order valence-electron chi connectivity index (χ0n) is 23.6. The van der Waals surface area contributed by atoms with Crippen LogP contribution in [0.3, 0.4) is 0 Å². The fourth-order valence-corrected chi connectivity index (χ4v) is 5.98. The van der Waals surface area contributed by atoms with Gasteiger partial charge < -0.3 is 0 Å². The number of allylic oxidation sites excluding steroid dienone is 7. The lowest BCUT2D eigenvalue weighted by Crippen LogP contribution is -1.97. The van der Waals surface area contributed by atoms with Gasteiger partial charge in [0.25, 0.3) is 0 Å². The molecule has 1 aliphatic rings. The van der Waals surface area contributed by atoms with E-state index in [1.165, 1.54) is 16.0 Å². The molecule has 0 saturated carbocycles. The second-order valence-corrected chi connectivity index (χ2v) is 10.8. The first-order valence-corrected chi connectivity index (χ1v) is 14.7.